The van der Waals surface area contributed by atoms with Crippen molar-refractivity contribution in [2.24, 2.45) is 5.41 Å². The molecule has 0 bridgehead atoms. The number of hydrogen-bond acceptors (Lipinski definition) is 7. The first-order chi connectivity index (χ1) is 19.0. The molecule has 1 spiro atoms. The number of carbonyl (C=O) groups excluding carboxylic acids is 2. The third kappa shape index (κ3) is 6.45. The van der Waals surface area contributed by atoms with Crippen LogP contribution in [0.5, 0.6) is 5.75 Å². The molecule has 0 saturated carbocycles. The maximum Gasteiger partial charge on any atom is 0.255 e. The molecule has 10 heteroatoms. The van der Waals surface area contributed by atoms with Crippen molar-refractivity contribution in [3.63, 3.8) is 0 Å². The normalized spacial score (nSPS) is 18.1. The van der Waals surface area contributed by atoms with Crippen molar-refractivity contribution in [2.75, 3.05) is 44.2 Å². The molecule has 204 valence electrons. The quantitative estimate of drug-likeness (QED) is 0.554. The summed E-state index contributed by atoms with van der Waals surface area (Å²) in [5.41, 5.74) is 0.184. The van der Waals surface area contributed by atoms with E-state index >= 15 is 0 Å². The summed E-state index contributed by atoms with van der Waals surface area (Å²) in [6.07, 6.45) is 10.1. The Morgan fingerprint density at radius 2 is 1.79 bits per heavy atom. The number of benzene rings is 1. The van der Waals surface area contributed by atoms with Gasteiger partial charge in [0.15, 0.2) is 0 Å². The summed E-state index contributed by atoms with van der Waals surface area (Å²) in [6.45, 7) is 3.54. The molecule has 2 aromatic heterocycles. The summed E-state index contributed by atoms with van der Waals surface area (Å²) in [5.74, 6) is 1.12. The Labute approximate surface area is 227 Å². The van der Waals surface area contributed by atoms with Gasteiger partial charge in [0, 0.05) is 62.8 Å². The van der Waals surface area contributed by atoms with Crippen LogP contribution >= 0.6 is 0 Å². The SMILES string of the molecule is O=C1NCCN(c2cnccn2)CCCC2(CCN(C(=O)Cn3ccccc3=O)CC2)COc2ccccc21. The smallest absolute Gasteiger partial charge is 0.255 e. The van der Waals surface area contributed by atoms with Crippen molar-refractivity contribution in [2.45, 2.75) is 32.2 Å². The first kappa shape index (κ1) is 26.4. The van der Waals surface area contributed by atoms with Gasteiger partial charge in [-0.1, -0.05) is 18.2 Å². The molecule has 0 radical (unpaired) electrons. The monoisotopic (exact) mass is 530 g/mol. The van der Waals surface area contributed by atoms with Gasteiger partial charge in [-0.15, -0.1) is 0 Å². The number of amides is 2. The molecule has 0 atom stereocenters. The van der Waals surface area contributed by atoms with Crippen molar-refractivity contribution < 1.29 is 14.3 Å². The lowest BCUT2D eigenvalue weighted by Crippen LogP contribution is -2.47. The number of anilines is 1. The minimum absolute atomic E-state index is 0.0404. The van der Waals surface area contributed by atoms with Crippen LogP contribution in [0.1, 0.15) is 36.0 Å². The number of pyridine rings is 1. The molecule has 39 heavy (non-hydrogen) atoms. The first-order valence-corrected chi connectivity index (χ1v) is 13.5. The third-order valence-electron chi connectivity index (χ3n) is 7.72. The van der Waals surface area contributed by atoms with Gasteiger partial charge in [-0.2, -0.15) is 0 Å². The molecule has 0 unspecified atom stereocenters. The molecule has 0 aliphatic carbocycles. The van der Waals surface area contributed by atoms with Crippen LogP contribution in [0.25, 0.3) is 0 Å². The molecule has 1 aromatic carbocycles. The highest BCUT2D eigenvalue weighted by molar-refractivity contribution is 5.96. The Hall–Kier alpha value is -4.21. The van der Waals surface area contributed by atoms with Crippen LogP contribution in [0.4, 0.5) is 5.82 Å². The van der Waals surface area contributed by atoms with Gasteiger partial charge in [-0.3, -0.25) is 19.4 Å². The van der Waals surface area contributed by atoms with Crippen molar-refractivity contribution in [1.82, 2.24) is 24.8 Å². The number of fused-ring (bicyclic) bond motifs is 1. The summed E-state index contributed by atoms with van der Waals surface area (Å²) in [5, 5.41) is 3.01. The van der Waals surface area contributed by atoms with Crippen LogP contribution in [-0.2, 0) is 11.3 Å². The van der Waals surface area contributed by atoms with E-state index < -0.39 is 0 Å². The predicted octanol–water partition coefficient (Wildman–Crippen LogP) is 2.36. The molecule has 2 amide bonds. The number of carbonyl (C=O) groups is 2. The van der Waals surface area contributed by atoms with Crippen LogP contribution in [0.2, 0.25) is 0 Å². The molecule has 1 saturated heterocycles. The lowest BCUT2D eigenvalue weighted by molar-refractivity contribution is -0.134. The van der Waals surface area contributed by atoms with Gasteiger partial charge in [-0.25, -0.2) is 4.98 Å². The average molecular weight is 531 g/mol. The van der Waals surface area contributed by atoms with Gasteiger partial charge >= 0.3 is 0 Å². The molecule has 4 heterocycles. The summed E-state index contributed by atoms with van der Waals surface area (Å²) in [7, 11) is 0. The zero-order valence-corrected chi connectivity index (χ0v) is 22.0. The number of piperidine rings is 1. The fraction of sp³-hybridized carbons (Fsp3) is 0.414. The number of nitrogens with zero attached hydrogens (tertiary/aromatic N) is 5. The maximum absolute atomic E-state index is 13.0. The molecule has 5 rings (SSSR count). The second-order valence-corrected chi connectivity index (χ2v) is 10.2. The fourth-order valence-electron chi connectivity index (χ4n) is 5.38. The van der Waals surface area contributed by atoms with E-state index in [0.29, 0.717) is 44.1 Å². The van der Waals surface area contributed by atoms with E-state index in [4.69, 9.17) is 4.74 Å². The van der Waals surface area contributed by atoms with E-state index in [1.54, 1.807) is 43.0 Å². The third-order valence-corrected chi connectivity index (χ3v) is 7.72. The van der Waals surface area contributed by atoms with Gasteiger partial charge in [0.1, 0.15) is 18.1 Å². The lowest BCUT2D eigenvalue weighted by atomic mass is 9.75. The maximum atomic E-state index is 13.0. The Morgan fingerprint density at radius 1 is 0.974 bits per heavy atom. The van der Waals surface area contributed by atoms with Crippen LogP contribution in [0.15, 0.2) is 72.0 Å². The molecule has 1 fully saturated rings. The predicted molar refractivity (Wildman–Crippen MR) is 147 cm³/mol. The molecule has 2 aliphatic heterocycles. The highest BCUT2D eigenvalue weighted by Crippen LogP contribution is 2.38. The second-order valence-electron chi connectivity index (χ2n) is 10.2. The standard InChI is InChI=1S/C29H34N6O4/c36-26-8-3-4-15-35(26)21-27(37)34-17-10-29(11-18-34)9-5-16-33(25-20-30-12-13-31-25)19-14-32-28(38)23-6-1-2-7-24(23)39-22-29/h1-4,6-8,12-13,15,20H,5,9-11,14,16-19,21-22H2,(H,32,38). The van der Waals surface area contributed by atoms with Crippen LogP contribution < -0.4 is 20.5 Å². The Bertz CT molecular complexity index is 1340. The lowest BCUT2D eigenvalue weighted by Gasteiger charge is -2.42. The van der Waals surface area contributed by atoms with Crippen LogP contribution in [0.3, 0.4) is 0 Å². The Morgan fingerprint density at radius 3 is 2.59 bits per heavy atom. The summed E-state index contributed by atoms with van der Waals surface area (Å²) in [4.78, 5) is 50.8. The number of rotatable bonds is 3. The van der Waals surface area contributed by atoms with Crippen LogP contribution in [-0.4, -0.2) is 70.6 Å². The zero-order valence-electron chi connectivity index (χ0n) is 22.0. The minimum atomic E-state index is -0.182. The van der Waals surface area contributed by atoms with E-state index in [1.807, 2.05) is 23.1 Å². The summed E-state index contributed by atoms with van der Waals surface area (Å²) in [6, 6.07) is 12.2. The van der Waals surface area contributed by atoms with Crippen molar-refractivity contribution in [3.05, 3.63) is 83.2 Å². The topological polar surface area (TPSA) is 110 Å². The van der Waals surface area contributed by atoms with E-state index in [1.165, 1.54) is 10.6 Å². The van der Waals surface area contributed by atoms with Gasteiger partial charge in [0.2, 0.25) is 5.91 Å². The highest BCUT2D eigenvalue weighted by Gasteiger charge is 2.37. The first-order valence-electron chi connectivity index (χ1n) is 13.5. The van der Waals surface area contributed by atoms with Crippen LogP contribution in [0, 0.1) is 5.41 Å². The summed E-state index contributed by atoms with van der Waals surface area (Å²) >= 11 is 0. The Kier molecular flexibility index (Phi) is 8.19. The molecular formula is C29H34N6O4. The molecule has 3 aromatic rings. The molecule has 10 nitrogen and oxygen atoms in total. The van der Waals surface area contributed by atoms with Crippen molar-refractivity contribution >= 4 is 17.6 Å². The van der Waals surface area contributed by atoms with E-state index in [9.17, 15) is 14.4 Å². The molecule has 2 aliphatic rings. The number of ether oxygens (including phenoxy) is 1. The van der Waals surface area contributed by atoms with Crippen molar-refractivity contribution in [1.29, 1.82) is 0 Å². The number of likely N-dealkylation sites (tertiary alicyclic amines) is 1. The fourth-order valence-corrected chi connectivity index (χ4v) is 5.38. The minimum Gasteiger partial charge on any atom is -0.492 e. The van der Waals surface area contributed by atoms with Gasteiger partial charge in [0.05, 0.1) is 18.4 Å². The second kappa shape index (κ2) is 12.1. The van der Waals surface area contributed by atoms with E-state index in [0.717, 1.165) is 38.0 Å². The van der Waals surface area contributed by atoms with Crippen molar-refractivity contribution in [3.8, 4) is 5.75 Å². The zero-order chi connectivity index (χ0) is 27.1. The molecule has 1 N–H and O–H groups in total. The average Bonchev–Trinajstić information content (AvgIpc) is 2.98. The summed E-state index contributed by atoms with van der Waals surface area (Å²) < 4.78 is 7.78. The Balaban J connectivity index is 1.32. The van der Waals surface area contributed by atoms with Gasteiger partial charge < -0.3 is 24.4 Å². The largest absolute Gasteiger partial charge is 0.492 e. The van der Waals surface area contributed by atoms with E-state index in [-0.39, 0.29) is 29.3 Å². The van der Waals surface area contributed by atoms with Gasteiger partial charge in [-0.05, 0) is 43.9 Å². The highest BCUT2D eigenvalue weighted by atomic mass is 16.5. The molecular weight excluding hydrogens is 496 g/mol. The van der Waals surface area contributed by atoms with E-state index in [2.05, 4.69) is 20.2 Å². The number of aromatic nitrogens is 3. The number of hydrogen-bond donors (Lipinski definition) is 1. The van der Waals surface area contributed by atoms with Gasteiger partial charge in [0.25, 0.3) is 11.5 Å². The number of nitrogens with one attached hydrogen (secondary N) is 1. The number of para-hydroxylation sites is 1.